The highest BCUT2D eigenvalue weighted by Gasteiger charge is 2.30. The van der Waals surface area contributed by atoms with Crippen molar-refractivity contribution in [2.75, 3.05) is 37.0 Å². The van der Waals surface area contributed by atoms with E-state index in [1.165, 1.54) is 30.1 Å². The van der Waals surface area contributed by atoms with Crippen LogP contribution >= 0.6 is 0 Å². The Bertz CT molecular complexity index is 982. The number of nitrogens with zero attached hydrogens (tertiary/aromatic N) is 1. The number of carbonyl (C=O) groups is 2. The van der Waals surface area contributed by atoms with Gasteiger partial charge >= 0.3 is 5.76 Å². The molecule has 1 saturated heterocycles. The average molecular weight is 453 g/mol. The predicted octanol–water partition coefficient (Wildman–Crippen LogP) is -0.143. The molecule has 162 valence electrons. The molecule has 1 aliphatic heterocycles. The zero-order valence-electron chi connectivity index (χ0n) is 15.5. The van der Waals surface area contributed by atoms with E-state index in [-0.39, 0.29) is 30.3 Å². The standard InChI is InChI=1S/C16H21F2N3O6S2/c1-21(8-14(22)19-11-6-7-28(24,25)10-11)9-15(23)20-12-4-2-3-5-13(12)29(26,27)16(17)18/h2-5,11,16H,6-10H2,1H3,(H,19,22)(H,20,23). The first-order valence-corrected chi connectivity index (χ1v) is 11.9. The maximum Gasteiger partial charge on any atom is 0.341 e. The van der Waals surface area contributed by atoms with Crippen LogP contribution in [0, 0.1) is 0 Å². The molecule has 1 unspecified atom stereocenters. The van der Waals surface area contributed by atoms with Gasteiger partial charge in [0.1, 0.15) is 0 Å². The molecule has 1 aromatic rings. The number of likely N-dealkylation sites (N-methyl/N-ethyl adjacent to an activating group) is 1. The van der Waals surface area contributed by atoms with Gasteiger partial charge in [-0.1, -0.05) is 12.1 Å². The maximum atomic E-state index is 12.8. The van der Waals surface area contributed by atoms with Crippen molar-refractivity contribution in [3.8, 4) is 0 Å². The summed E-state index contributed by atoms with van der Waals surface area (Å²) in [5.41, 5.74) is -0.285. The number of nitrogens with one attached hydrogen (secondary N) is 2. The van der Waals surface area contributed by atoms with Gasteiger partial charge in [-0.3, -0.25) is 14.5 Å². The molecule has 13 heteroatoms. The lowest BCUT2D eigenvalue weighted by Gasteiger charge is -2.18. The van der Waals surface area contributed by atoms with Crippen LogP contribution in [-0.2, 0) is 29.3 Å². The second-order valence-electron chi connectivity index (χ2n) is 6.69. The van der Waals surface area contributed by atoms with Crippen LogP contribution in [0.2, 0.25) is 0 Å². The van der Waals surface area contributed by atoms with Crippen molar-refractivity contribution in [1.29, 1.82) is 0 Å². The van der Waals surface area contributed by atoms with E-state index in [0.29, 0.717) is 6.42 Å². The van der Waals surface area contributed by atoms with Crippen LogP contribution in [-0.4, -0.2) is 77.0 Å². The van der Waals surface area contributed by atoms with Gasteiger partial charge in [0.15, 0.2) is 9.84 Å². The summed E-state index contributed by atoms with van der Waals surface area (Å²) in [6.45, 7) is -0.527. The van der Waals surface area contributed by atoms with Crippen LogP contribution in [0.15, 0.2) is 29.2 Å². The molecule has 1 heterocycles. The van der Waals surface area contributed by atoms with Gasteiger partial charge in [0.25, 0.3) is 0 Å². The number of amides is 2. The molecule has 0 radical (unpaired) electrons. The van der Waals surface area contributed by atoms with Gasteiger partial charge in [0, 0.05) is 6.04 Å². The van der Waals surface area contributed by atoms with Gasteiger partial charge < -0.3 is 10.6 Å². The van der Waals surface area contributed by atoms with Gasteiger partial charge in [0.05, 0.1) is 35.2 Å². The highest BCUT2D eigenvalue weighted by atomic mass is 32.2. The predicted molar refractivity (Wildman–Crippen MR) is 101 cm³/mol. The Balaban J connectivity index is 1.92. The number of hydrogen-bond acceptors (Lipinski definition) is 7. The Morgan fingerprint density at radius 2 is 1.83 bits per heavy atom. The lowest BCUT2D eigenvalue weighted by atomic mass is 10.2. The third-order valence-corrected chi connectivity index (χ3v) is 7.33. The third kappa shape index (κ3) is 6.44. The lowest BCUT2D eigenvalue weighted by molar-refractivity contribution is -0.123. The molecule has 29 heavy (non-hydrogen) atoms. The highest BCUT2D eigenvalue weighted by Crippen LogP contribution is 2.26. The van der Waals surface area contributed by atoms with Crippen molar-refractivity contribution in [3.05, 3.63) is 24.3 Å². The van der Waals surface area contributed by atoms with E-state index < -0.39 is 48.2 Å². The first-order chi connectivity index (χ1) is 13.4. The van der Waals surface area contributed by atoms with Crippen molar-refractivity contribution in [1.82, 2.24) is 10.2 Å². The Morgan fingerprint density at radius 3 is 2.41 bits per heavy atom. The summed E-state index contributed by atoms with van der Waals surface area (Å²) in [6, 6.07) is 4.31. The molecule has 1 atom stereocenters. The minimum Gasteiger partial charge on any atom is -0.351 e. The van der Waals surface area contributed by atoms with E-state index in [1.807, 2.05) is 0 Å². The fourth-order valence-electron chi connectivity index (χ4n) is 2.83. The zero-order valence-corrected chi connectivity index (χ0v) is 17.1. The summed E-state index contributed by atoms with van der Waals surface area (Å²) >= 11 is 0. The Hall–Kier alpha value is -2.12. The van der Waals surface area contributed by atoms with Crippen molar-refractivity contribution in [2.24, 2.45) is 0 Å². The van der Waals surface area contributed by atoms with E-state index in [1.54, 1.807) is 0 Å². The normalized spacial score (nSPS) is 18.7. The molecule has 0 saturated carbocycles. The first kappa shape index (κ1) is 23.2. The molecule has 1 fully saturated rings. The number of rotatable bonds is 8. The number of alkyl halides is 2. The number of para-hydroxylation sites is 1. The Morgan fingerprint density at radius 1 is 1.21 bits per heavy atom. The molecule has 1 aliphatic rings. The molecular formula is C16H21F2N3O6S2. The monoisotopic (exact) mass is 453 g/mol. The van der Waals surface area contributed by atoms with Gasteiger partial charge in [-0.25, -0.2) is 16.8 Å². The summed E-state index contributed by atoms with van der Waals surface area (Å²) in [5, 5.41) is 4.83. The summed E-state index contributed by atoms with van der Waals surface area (Å²) in [4.78, 5) is 24.7. The maximum absolute atomic E-state index is 12.8. The van der Waals surface area contributed by atoms with Gasteiger partial charge in [-0.15, -0.1) is 0 Å². The van der Waals surface area contributed by atoms with E-state index >= 15 is 0 Å². The number of halogens is 2. The van der Waals surface area contributed by atoms with Gasteiger partial charge in [0.2, 0.25) is 21.7 Å². The molecule has 2 rings (SSSR count). The molecule has 0 aromatic heterocycles. The summed E-state index contributed by atoms with van der Waals surface area (Å²) in [5.74, 6) is -4.93. The summed E-state index contributed by atoms with van der Waals surface area (Å²) < 4.78 is 71.8. The van der Waals surface area contributed by atoms with Crippen molar-refractivity contribution >= 4 is 37.2 Å². The second-order valence-corrected chi connectivity index (χ2v) is 10.8. The molecule has 2 N–H and O–H groups in total. The van der Waals surface area contributed by atoms with Crippen LogP contribution in [0.5, 0.6) is 0 Å². The van der Waals surface area contributed by atoms with Crippen LogP contribution < -0.4 is 10.6 Å². The number of anilines is 1. The summed E-state index contributed by atoms with van der Waals surface area (Å²) in [7, 11) is -6.59. The number of sulfone groups is 2. The first-order valence-electron chi connectivity index (χ1n) is 8.50. The number of carbonyl (C=O) groups excluding carboxylic acids is 2. The van der Waals surface area contributed by atoms with Gasteiger partial charge in [-0.2, -0.15) is 8.78 Å². The number of benzene rings is 1. The van der Waals surface area contributed by atoms with E-state index in [4.69, 9.17) is 0 Å². The van der Waals surface area contributed by atoms with Crippen molar-refractivity contribution in [2.45, 2.75) is 23.1 Å². The van der Waals surface area contributed by atoms with Gasteiger partial charge in [-0.05, 0) is 25.6 Å². The molecule has 2 amide bonds. The Kier molecular flexibility index (Phi) is 7.30. The summed E-state index contributed by atoms with van der Waals surface area (Å²) in [6.07, 6.45) is 0.327. The fourth-order valence-corrected chi connectivity index (χ4v) is 5.39. The van der Waals surface area contributed by atoms with E-state index in [9.17, 15) is 35.2 Å². The molecule has 0 aliphatic carbocycles. The van der Waals surface area contributed by atoms with Crippen LogP contribution in [0.1, 0.15) is 6.42 Å². The molecule has 9 nitrogen and oxygen atoms in total. The highest BCUT2D eigenvalue weighted by molar-refractivity contribution is 7.92. The minimum absolute atomic E-state index is 0.0110. The van der Waals surface area contributed by atoms with E-state index in [2.05, 4.69) is 10.6 Å². The molecule has 0 spiro atoms. The minimum atomic E-state index is -4.90. The van der Waals surface area contributed by atoms with Crippen molar-refractivity contribution < 1.29 is 35.2 Å². The quantitative estimate of drug-likeness (QED) is 0.560. The van der Waals surface area contributed by atoms with Crippen LogP contribution in [0.25, 0.3) is 0 Å². The Labute approximate surface area is 167 Å². The van der Waals surface area contributed by atoms with E-state index in [0.717, 1.165) is 6.07 Å². The number of hydrogen-bond donors (Lipinski definition) is 2. The van der Waals surface area contributed by atoms with Crippen LogP contribution in [0.3, 0.4) is 0 Å². The largest absolute Gasteiger partial charge is 0.351 e. The second kappa shape index (κ2) is 9.13. The molecule has 1 aromatic carbocycles. The topological polar surface area (TPSA) is 130 Å². The van der Waals surface area contributed by atoms with Crippen molar-refractivity contribution in [3.63, 3.8) is 0 Å². The molecule has 0 bridgehead atoms. The smallest absolute Gasteiger partial charge is 0.341 e. The average Bonchev–Trinajstić information content (AvgIpc) is 2.92. The third-order valence-electron chi connectivity index (χ3n) is 4.13. The SMILES string of the molecule is CN(CC(=O)Nc1ccccc1S(=O)(=O)C(F)F)CC(=O)NC1CCS(=O)(=O)C1. The molecular weight excluding hydrogens is 432 g/mol. The lowest BCUT2D eigenvalue weighted by Crippen LogP contribution is -2.43. The fraction of sp³-hybridized carbons (Fsp3) is 0.500. The zero-order chi connectivity index (χ0) is 21.8. The van der Waals surface area contributed by atoms with Crippen LogP contribution in [0.4, 0.5) is 14.5 Å².